The highest BCUT2D eigenvalue weighted by molar-refractivity contribution is 7.15. The molecule has 5 atom stereocenters. The van der Waals surface area contributed by atoms with Gasteiger partial charge < -0.3 is 30.9 Å². The lowest BCUT2D eigenvalue weighted by atomic mass is 9.85. The smallest absolute Gasteiger partial charge is 0.306 e. The molecule has 2 aliphatic heterocycles. The summed E-state index contributed by atoms with van der Waals surface area (Å²) >= 11 is 3.12. The van der Waals surface area contributed by atoms with Gasteiger partial charge in [-0.15, -0.1) is 32.9 Å². The second-order valence-corrected chi connectivity index (χ2v) is 20.0. The maximum absolute atomic E-state index is 14.4. The first-order valence-electron chi connectivity index (χ1n) is 21.7. The number of benzene rings is 3. The summed E-state index contributed by atoms with van der Waals surface area (Å²) in [4.78, 5) is 66.8. The van der Waals surface area contributed by atoms with Crippen molar-refractivity contribution in [2.45, 2.75) is 91.6 Å². The van der Waals surface area contributed by atoms with E-state index in [0.29, 0.717) is 28.5 Å². The standard InChI is InChI=1S/C49H52N8O7S2/c1-25-27(3)66-48-40(25)41(51-36(21-39(60)61)44-55-54-28(4)57(44)48)32-14-8-29(9-15-32)30-10-18-34(19-11-30)45(62)53-43(49(5,6)7)47(64)56-22-35(59)20-38(56)46(63)52-37(23-58)31-12-16-33(17-13-31)42-26(2)50-24-65-42/h8-19,24,35-38,43,58-59H,20-23H2,1-7H3,(H,52,63)(H,53,62)(H,60,61)/t35-,36+,37+,38+,43-/m1/s1. The zero-order valence-electron chi connectivity index (χ0n) is 37.7. The number of thiophene rings is 1. The third kappa shape index (κ3) is 9.07. The molecular formula is C49H52N8O7S2. The number of aliphatic hydroxyl groups excluding tert-OH is 2. The first kappa shape index (κ1) is 46.1. The third-order valence-corrected chi connectivity index (χ3v) is 14.5. The zero-order chi connectivity index (χ0) is 47.2. The van der Waals surface area contributed by atoms with Gasteiger partial charge in [-0.1, -0.05) is 81.4 Å². The molecule has 3 amide bonds. The van der Waals surface area contributed by atoms with Gasteiger partial charge in [0, 0.05) is 34.5 Å². The Balaban J connectivity index is 0.967. The van der Waals surface area contributed by atoms with E-state index in [2.05, 4.69) is 25.8 Å². The van der Waals surface area contributed by atoms with Crippen LogP contribution in [0.2, 0.25) is 0 Å². The van der Waals surface area contributed by atoms with Gasteiger partial charge in [0.2, 0.25) is 11.8 Å². The van der Waals surface area contributed by atoms with Crippen LogP contribution in [-0.4, -0.2) is 101 Å². The molecule has 0 radical (unpaired) electrons. The number of likely N-dealkylation sites (tertiary alicyclic amines) is 1. The fourth-order valence-electron chi connectivity index (χ4n) is 8.61. The summed E-state index contributed by atoms with van der Waals surface area (Å²) in [5.74, 6) is -1.35. The Kier molecular flexibility index (Phi) is 12.9. The number of nitrogens with one attached hydrogen (secondary N) is 2. The van der Waals surface area contributed by atoms with Crippen LogP contribution >= 0.6 is 22.7 Å². The van der Waals surface area contributed by atoms with Crippen LogP contribution in [0.25, 0.3) is 26.6 Å². The number of aromatic nitrogens is 4. The lowest BCUT2D eigenvalue weighted by Crippen LogP contribution is -2.58. The Morgan fingerprint density at radius 2 is 1.50 bits per heavy atom. The molecule has 8 rings (SSSR count). The molecule has 6 aromatic rings. The van der Waals surface area contributed by atoms with E-state index < -0.39 is 59.4 Å². The highest BCUT2D eigenvalue weighted by Crippen LogP contribution is 2.40. The number of nitrogens with zero attached hydrogens (tertiary/aromatic N) is 6. The Labute approximate surface area is 390 Å². The van der Waals surface area contributed by atoms with Crippen LogP contribution < -0.4 is 10.6 Å². The second kappa shape index (κ2) is 18.5. The van der Waals surface area contributed by atoms with Crippen molar-refractivity contribution >= 4 is 52.1 Å². The number of hydrogen-bond donors (Lipinski definition) is 5. The molecular weight excluding hydrogens is 877 g/mol. The Morgan fingerprint density at radius 3 is 2.11 bits per heavy atom. The molecule has 3 aromatic heterocycles. The van der Waals surface area contributed by atoms with E-state index in [1.165, 1.54) is 16.2 Å². The van der Waals surface area contributed by atoms with Crippen molar-refractivity contribution in [3.05, 3.63) is 128 Å². The summed E-state index contributed by atoms with van der Waals surface area (Å²) in [6.07, 6.45) is -1.20. The quantitative estimate of drug-likeness (QED) is 0.0879. The number of fused-ring (bicyclic) bond motifs is 3. The molecule has 1 saturated heterocycles. The Morgan fingerprint density at radius 1 is 0.864 bits per heavy atom. The number of aliphatic carboxylic acids is 1. The van der Waals surface area contributed by atoms with E-state index in [9.17, 15) is 34.5 Å². The minimum atomic E-state index is -1.05. The predicted molar refractivity (Wildman–Crippen MR) is 253 cm³/mol. The summed E-state index contributed by atoms with van der Waals surface area (Å²) in [5.41, 5.74) is 9.06. The summed E-state index contributed by atoms with van der Waals surface area (Å²) in [6.45, 7) is 12.9. The Hall–Kier alpha value is -6.40. The number of aliphatic imine (C=N–C) groups is 1. The van der Waals surface area contributed by atoms with Crippen molar-refractivity contribution in [1.82, 2.24) is 35.3 Å². The largest absolute Gasteiger partial charge is 0.481 e. The molecule has 5 heterocycles. The molecule has 5 N–H and O–H groups in total. The normalized spacial score (nSPS) is 17.9. The number of aliphatic hydroxyl groups is 2. The number of hydrogen-bond acceptors (Lipinski definition) is 12. The van der Waals surface area contributed by atoms with Crippen molar-refractivity contribution in [3.8, 4) is 26.6 Å². The fraction of sp³-hybridized carbons (Fsp3) is 0.347. The predicted octanol–water partition coefficient (Wildman–Crippen LogP) is 6.68. The van der Waals surface area contributed by atoms with Crippen LogP contribution in [0.1, 0.15) is 101 Å². The molecule has 3 aromatic carbocycles. The molecule has 2 aliphatic rings. The minimum Gasteiger partial charge on any atom is -0.481 e. The van der Waals surface area contributed by atoms with Gasteiger partial charge >= 0.3 is 5.97 Å². The van der Waals surface area contributed by atoms with Gasteiger partial charge in [-0.05, 0) is 73.1 Å². The summed E-state index contributed by atoms with van der Waals surface area (Å²) in [7, 11) is 0. The number of carbonyl (C=O) groups excluding carboxylic acids is 3. The lowest BCUT2D eigenvalue weighted by molar-refractivity contribution is -0.142. The van der Waals surface area contributed by atoms with Gasteiger partial charge in [0.1, 0.15) is 29.0 Å². The zero-order valence-corrected chi connectivity index (χ0v) is 39.3. The number of carbonyl (C=O) groups is 4. The van der Waals surface area contributed by atoms with Crippen molar-refractivity contribution in [2.75, 3.05) is 13.2 Å². The summed E-state index contributed by atoms with van der Waals surface area (Å²) in [6, 6.07) is 18.8. The summed E-state index contributed by atoms with van der Waals surface area (Å²) < 4.78 is 1.92. The molecule has 0 bridgehead atoms. The van der Waals surface area contributed by atoms with Crippen LogP contribution in [0.5, 0.6) is 0 Å². The number of carboxylic acids is 1. The van der Waals surface area contributed by atoms with E-state index in [1.54, 1.807) is 29.0 Å². The monoisotopic (exact) mass is 928 g/mol. The van der Waals surface area contributed by atoms with Crippen molar-refractivity contribution in [2.24, 2.45) is 10.4 Å². The van der Waals surface area contributed by atoms with Crippen LogP contribution in [0.15, 0.2) is 83.3 Å². The number of rotatable bonds is 12. The van der Waals surface area contributed by atoms with E-state index in [4.69, 9.17) is 4.99 Å². The molecule has 66 heavy (non-hydrogen) atoms. The highest BCUT2D eigenvalue weighted by Gasteiger charge is 2.45. The average Bonchev–Trinajstić information content (AvgIpc) is 4.06. The van der Waals surface area contributed by atoms with Gasteiger partial charge in [0.25, 0.3) is 5.91 Å². The molecule has 15 nitrogen and oxygen atoms in total. The van der Waals surface area contributed by atoms with Crippen LogP contribution in [-0.2, 0) is 14.4 Å². The fourth-order valence-corrected chi connectivity index (χ4v) is 10.6. The number of thiazole rings is 1. The molecule has 17 heteroatoms. The van der Waals surface area contributed by atoms with E-state index >= 15 is 0 Å². The van der Waals surface area contributed by atoms with E-state index in [-0.39, 0.29) is 26.0 Å². The van der Waals surface area contributed by atoms with Crippen LogP contribution in [0, 0.1) is 33.1 Å². The number of amides is 3. The summed E-state index contributed by atoms with van der Waals surface area (Å²) in [5, 5.41) is 46.2. The van der Waals surface area contributed by atoms with Crippen LogP contribution in [0.4, 0.5) is 0 Å². The molecule has 0 aliphatic carbocycles. The van der Waals surface area contributed by atoms with Crippen LogP contribution in [0.3, 0.4) is 0 Å². The number of β-amino-alcohol motifs (C(OH)–C–C–N with tert-alkyl or cyclic N) is 1. The molecule has 342 valence electrons. The molecule has 0 saturated carbocycles. The third-order valence-electron chi connectivity index (χ3n) is 12.3. The van der Waals surface area contributed by atoms with Crippen molar-refractivity contribution in [1.29, 1.82) is 0 Å². The number of carboxylic acid groups (broad SMARTS) is 1. The minimum absolute atomic E-state index is 0.00359. The van der Waals surface area contributed by atoms with Crippen molar-refractivity contribution in [3.63, 3.8) is 0 Å². The topological polar surface area (TPSA) is 212 Å². The van der Waals surface area contributed by atoms with E-state index in [1.807, 2.05) is 114 Å². The van der Waals surface area contributed by atoms with Crippen molar-refractivity contribution < 1.29 is 34.5 Å². The second-order valence-electron chi connectivity index (χ2n) is 18.0. The lowest BCUT2D eigenvalue weighted by Gasteiger charge is -2.35. The number of aryl methyl sites for hydroxylation is 3. The van der Waals surface area contributed by atoms with Gasteiger partial charge in [0.05, 0.1) is 47.0 Å². The first-order valence-corrected chi connectivity index (χ1v) is 23.4. The molecule has 0 spiro atoms. The maximum atomic E-state index is 14.4. The van der Waals surface area contributed by atoms with E-state index in [0.717, 1.165) is 53.8 Å². The average molecular weight is 929 g/mol. The van der Waals surface area contributed by atoms with Gasteiger partial charge in [-0.25, -0.2) is 4.98 Å². The SMILES string of the molecule is Cc1ncsc1-c1ccc([C@H](CO)NC(=O)[C@@H]2C[C@@H](O)CN2C(=O)[C@@H](NC(=O)c2ccc(-c3ccc(C4=N[C@@H](CC(=O)O)c5nnc(C)n5-c5sc(C)c(C)c54)cc3)cc2)C(C)(C)C)cc1. The molecule has 0 unspecified atom stereocenters. The first-order chi connectivity index (χ1) is 31.4. The maximum Gasteiger partial charge on any atom is 0.306 e. The van der Waals surface area contributed by atoms with Gasteiger partial charge in [0.15, 0.2) is 5.82 Å². The van der Waals surface area contributed by atoms with Gasteiger partial charge in [-0.3, -0.25) is 28.7 Å². The molecule has 1 fully saturated rings. The highest BCUT2D eigenvalue weighted by atomic mass is 32.1. The Bertz CT molecular complexity index is 2840. The van der Waals surface area contributed by atoms with Gasteiger partial charge in [-0.2, -0.15) is 0 Å².